The largest absolute Gasteiger partial charge is 0.497 e. The van der Waals surface area contributed by atoms with Crippen molar-refractivity contribution in [1.82, 2.24) is 0 Å². The highest BCUT2D eigenvalue weighted by Crippen LogP contribution is 2.33. The first-order chi connectivity index (χ1) is 6.49. The fraction of sp³-hybridized carbons (Fsp3) is 0.500. The van der Waals surface area contributed by atoms with Crippen molar-refractivity contribution in [3.05, 3.63) is 23.8 Å². The van der Waals surface area contributed by atoms with Gasteiger partial charge in [-0.25, -0.2) is 0 Å². The number of hydrogen-bond acceptors (Lipinski definition) is 2. The van der Waals surface area contributed by atoms with Crippen LogP contribution in [0.3, 0.4) is 0 Å². The molecule has 0 atom stereocenters. The highest BCUT2D eigenvalue weighted by atomic mass is 16.5. The van der Waals surface area contributed by atoms with E-state index in [0.717, 1.165) is 17.1 Å². The summed E-state index contributed by atoms with van der Waals surface area (Å²) in [6.45, 7) is 6.40. The van der Waals surface area contributed by atoms with Crippen LogP contribution in [0.5, 0.6) is 11.5 Å². The van der Waals surface area contributed by atoms with Gasteiger partial charge in [0.1, 0.15) is 11.5 Å². The molecule has 0 amide bonds. The topological polar surface area (TPSA) is 18.5 Å². The summed E-state index contributed by atoms with van der Waals surface area (Å²) < 4.78 is 10.4. The van der Waals surface area contributed by atoms with E-state index in [9.17, 15) is 0 Å². The Balaban J connectivity index is 3.18. The number of benzene rings is 1. The molecule has 1 rings (SSSR count). The molecule has 2 nitrogen and oxygen atoms in total. The third-order valence-electron chi connectivity index (χ3n) is 2.08. The van der Waals surface area contributed by atoms with Crippen LogP contribution < -0.4 is 9.47 Å². The Morgan fingerprint density at radius 2 is 1.79 bits per heavy atom. The predicted octanol–water partition coefficient (Wildman–Crippen LogP) is 2.80. The standard InChI is InChI=1S/C12H17O2/c1-12(2,3)10-7-6-9(13-4)8-11(10)14-5/h6,8H,1-5H3. The van der Waals surface area contributed by atoms with Crippen LogP contribution >= 0.6 is 0 Å². The normalized spacial score (nSPS) is 11.2. The molecule has 0 aliphatic carbocycles. The molecular formula is C12H17O2. The number of rotatable bonds is 2. The molecule has 0 aliphatic heterocycles. The van der Waals surface area contributed by atoms with Crippen molar-refractivity contribution in [1.29, 1.82) is 0 Å². The van der Waals surface area contributed by atoms with E-state index in [1.165, 1.54) is 0 Å². The van der Waals surface area contributed by atoms with Crippen molar-refractivity contribution in [2.24, 2.45) is 0 Å². The first-order valence-electron chi connectivity index (χ1n) is 4.63. The molecule has 0 fully saturated rings. The molecule has 0 spiro atoms. The Labute approximate surface area is 85.8 Å². The highest BCUT2D eigenvalue weighted by molar-refractivity contribution is 5.43. The van der Waals surface area contributed by atoms with Gasteiger partial charge in [0.25, 0.3) is 0 Å². The third kappa shape index (κ3) is 2.19. The average molecular weight is 193 g/mol. The summed E-state index contributed by atoms with van der Waals surface area (Å²) in [5.41, 5.74) is 1.11. The van der Waals surface area contributed by atoms with Crippen LogP contribution in [-0.4, -0.2) is 14.2 Å². The molecule has 0 saturated heterocycles. The number of ether oxygens (including phenoxy) is 2. The third-order valence-corrected chi connectivity index (χ3v) is 2.08. The summed E-state index contributed by atoms with van der Waals surface area (Å²) in [4.78, 5) is 0. The molecule has 0 aliphatic rings. The minimum Gasteiger partial charge on any atom is -0.497 e. The van der Waals surface area contributed by atoms with Crippen LogP contribution in [0.15, 0.2) is 12.1 Å². The second kappa shape index (κ2) is 3.91. The van der Waals surface area contributed by atoms with E-state index in [-0.39, 0.29) is 5.41 Å². The Morgan fingerprint density at radius 3 is 2.21 bits per heavy atom. The second-order valence-electron chi connectivity index (χ2n) is 4.23. The Kier molecular flexibility index (Phi) is 3.04. The Hall–Kier alpha value is -1.18. The zero-order valence-electron chi connectivity index (χ0n) is 9.47. The van der Waals surface area contributed by atoms with Gasteiger partial charge in [-0.1, -0.05) is 20.8 Å². The van der Waals surface area contributed by atoms with Crippen molar-refractivity contribution in [2.45, 2.75) is 26.2 Å². The van der Waals surface area contributed by atoms with E-state index >= 15 is 0 Å². The smallest absolute Gasteiger partial charge is 0.126 e. The summed E-state index contributed by atoms with van der Waals surface area (Å²) in [5, 5.41) is 0. The molecule has 1 radical (unpaired) electrons. The van der Waals surface area contributed by atoms with Crippen molar-refractivity contribution in [3.63, 3.8) is 0 Å². The Bertz CT molecular complexity index is 311. The van der Waals surface area contributed by atoms with E-state index in [2.05, 4.69) is 26.8 Å². The van der Waals surface area contributed by atoms with E-state index in [1.54, 1.807) is 14.2 Å². The van der Waals surface area contributed by atoms with Gasteiger partial charge in [0.2, 0.25) is 0 Å². The molecule has 1 aromatic rings. The lowest BCUT2D eigenvalue weighted by atomic mass is 9.86. The van der Waals surface area contributed by atoms with Gasteiger partial charge in [-0.2, -0.15) is 0 Å². The molecule has 2 heteroatoms. The van der Waals surface area contributed by atoms with Crippen LogP contribution in [0, 0.1) is 6.07 Å². The predicted molar refractivity (Wildman–Crippen MR) is 57.1 cm³/mol. The molecule has 0 N–H and O–H groups in total. The SMILES string of the molecule is COc1c[c]c(C(C)(C)C)c(OC)c1. The van der Waals surface area contributed by atoms with E-state index in [1.807, 2.05) is 12.1 Å². The van der Waals surface area contributed by atoms with E-state index in [4.69, 9.17) is 9.47 Å². The molecule has 1 aromatic carbocycles. The summed E-state index contributed by atoms with van der Waals surface area (Å²) >= 11 is 0. The molecule has 14 heavy (non-hydrogen) atoms. The van der Waals surface area contributed by atoms with Gasteiger partial charge >= 0.3 is 0 Å². The number of hydrogen-bond donors (Lipinski definition) is 0. The minimum atomic E-state index is 0.0393. The van der Waals surface area contributed by atoms with Gasteiger partial charge in [-0.15, -0.1) is 0 Å². The quantitative estimate of drug-likeness (QED) is 0.719. The van der Waals surface area contributed by atoms with Crippen LogP contribution in [0.1, 0.15) is 26.3 Å². The van der Waals surface area contributed by atoms with Gasteiger partial charge in [-0.05, 0) is 17.5 Å². The zero-order valence-corrected chi connectivity index (χ0v) is 9.47. The molecule has 0 bridgehead atoms. The molecule has 0 unspecified atom stereocenters. The van der Waals surface area contributed by atoms with Gasteiger partial charge in [-0.3, -0.25) is 0 Å². The minimum absolute atomic E-state index is 0.0393. The van der Waals surface area contributed by atoms with Gasteiger partial charge in [0, 0.05) is 11.6 Å². The maximum atomic E-state index is 5.30. The molecule has 0 saturated carbocycles. The monoisotopic (exact) mass is 193 g/mol. The first kappa shape index (κ1) is 10.9. The van der Waals surface area contributed by atoms with E-state index in [0.29, 0.717) is 0 Å². The maximum absolute atomic E-state index is 5.30. The fourth-order valence-electron chi connectivity index (χ4n) is 1.32. The second-order valence-corrected chi connectivity index (χ2v) is 4.23. The molecule has 77 valence electrons. The fourth-order valence-corrected chi connectivity index (χ4v) is 1.32. The van der Waals surface area contributed by atoms with Crippen molar-refractivity contribution < 1.29 is 9.47 Å². The van der Waals surface area contributed by atoms with E-state index < -0.39 is 0 Å². The molecule has 0 heterocycles. The van der Waals surface area contributed by atoms with Crippen LogP contribution in [0.4, 0.5) is 0 Å². The summed E-state index contributed by atoms with van der Waals surface area (Å²) in [6.07, 6.45) is 0. The van der Waals surface area contributed by atoms with Gasteiger partial charge < -0.3 is 9.47 Å². The van der Waals surface area contributed by atoms with Crippen molar-refractivity contribution in [2.75, 3.05) is 14.2 Å². The average Bonchev–Trinajstić information content (AvgIpc) is 2.15. The molecule has 0 aromatic heterocycles. The van der Waals surface area contributed by atoms with Crippen molar-refractivity contribution >= 4 is 0 Å². The lowest BCUT2D eigenvalue weighted by molar-refractivity contribution is 0.382. The zero-order chi connectivity index (χ0) is 10.8. The van der Waals surface area contributed by atoms with Gasteiger partial charge in [0.05, 0.1) is 14.2 Å². The summed E-state index contributed by atoms with van der Waals surface area (Å²) in [6, 6.07) is 6.92. The summed E-state index contributed by atoms with van der Waals surface area (Å²) in [5.74, 6) is 1.60. The lowest BCUT2D eigenvalue weighted by Gasteiger charge is -2.21. The summed E-state index contributed by atoms with van der Waals surface area (Å²) in [7, 11) is 3.30. The highest BCUT2D eigenvalue weighted by Gasteiger charge is 2.19. The van der Waals surface area contributed by atoms with Crippen molar-refractivity contribution in [3.8, 4) is 11.5 Å². The maximum Gasteiger partial charge on any atom is 0.126 e. The van der Waals surface area contributed by atoms with Gasteiger partial charge in [0.15, 0.2) is 0 Å². The van der Waals surface area contributed by atoms with Crippen LogP contribution in [0.2, 0.25) is 0 Å². The molecular weight excluding hydrogens is 176 g/mol. The van der Waals surface area contributed by atoms with Crippen LogP contribution in [0.25, 0.3) is 0 Å². The lowest BCUT2D eigenvalue weighted by Crippen LogP contribution is -2.12. The first-order valence-corrected chi connectivity index (χ1v) is 4.63. The van der Waals surface area contributed by atoms with Crippen LogP contribution in [-0.2, 0) is 5.41 Å². The Morgan fingerprint density at radius 1 is 1.14 bits per heavy atom. The number of methoxy groups -OCH3 is 2.